The normalized spacial score (nSPS) is 24.9. The van der Waals surface area contributed by atoms with Crippen LogP contribution in [-0.2, 0) is 4.74 Å². The second kappa shape index (κ2) is 5.59. The van der Waals surface area contributed by atoms with E-state index in [1.165, 1.54) is 0 Å². The molecule has 0 radical (unpaired) electrons. The summed E-state index contributed by atoms with van der Waals surface area (Å²) in [6.45, 7) is 2.59. The average Bonchev–Trinajstić information content (AvgIpc) is 2.83. The molecule has 100 valence electrons. The zero-order chi connectivity index (χ0) is 13.1. The largest absolute Gasteiger partial charge is 0.496 e. The number of aliphatic hydroxyl groups excluding tert-OH is 1. The van der Waals surface area contributed by atoms with Crippen molar-refractivity contribution in [3.8, 4) is 11.5 Å². The molecule has 0 bridgehead atoms. The number of ether oxygens (including phenoxy) is 3. The van der Waals surface area contributed by atoms with Gasteiger partial charge in [0.25, 0.3) is 0 Å². The maximum Gasteiger partial charge on any atom is 0.128 e. The van der Waals surface area contributed by atoms with Gasteiger partial charge in [0.15, 0.2) is 0 Å². The summed E-state index contributed by atoms with van der Waals surface area (Å²) in [5, 5.41) is 10.5. The molecule has 1 aromatic rings. The van der Waals surface area contributed by atoms with Crippen LogP contribution in [0.1, 0.15) is 25.0 Å². The third-order valence-electron chi connectivity index (χ3n) is 3.44. The van der Waals surface area contributed by atoms with E-state index in [0.29, 0.717) is 23.7 Å². The number of rotatable bonds is 4. The first-order chi connectivity index (χ1) is 8.67. The third-order valence-corrected chi connectivity index (χ3v) is 3.44. The van der Waals surface area contributed by atoms with E-state index in [2.05, 4.69) is 0 Å². The fourth-order valence-corrected chi connectivity index (χ4v) is 2.48. The Morgan fingerprint density at radius 3 is 2.33 bits per heavy atom. The molecule has 1 N–H and O–H groups in total. The second-order valence-corrected chi connectivity index (χ2v) is 4.66. The highest BCUT2D eigenvalue weighted by Crippen LogP contribution is 2.40. The highest BCUT2D eigenvalue weighted by atomic mass is 16.5. The average molecular weight is 252 g/mol. The molecule has 0 saturated carbocycles. The summed E-state index contributed by atoms with van der Waals surface area (Å²) in [7, 11) is 3.19. The number of benzene rings is 1. The van der Waals surface area contributed by atoms with E-state index in [9.17, 15) is 5.11 Å². The zero-order valence-electron chi connectivity index (χ0n) is 11.1. The van der Waals surface area contributed by atoms with Gasteiger partial charge in [0.05, 0.1) is 38.6 Å². The second-order valence-electron chi connectivity index (χ2n) is 4.66. The van der Waals surface area contributed by atoms with Crippen LogP contribution in [0.2, 0.25) is 0 Å². The van der Waals surface area contributed by atoms with Gasteiger partial charge in [-0.2, -0.15) is 0 Å². The first-order valence-electron chi connectivity index (χ1n) is 6.18. The smallest absolute Gasteiger partial charge is 0.128 e. The highest BCUT2D eigenvalue weighted by Gasteiger charge is 2.32. The van der Waals surface area contributed by atoms with Gasteiger partial charge in [-0.05, 0) is 25.5 Å². The molecule has 0 spiro atoms. The lowest BCUT2D eigenvalue weighted by atomic mass is 9.92. The first-order valence-corrected chi connectivity index (χ1v) is 6.18. The molecule has 0 amide bonds. The van der Waals surface area contributed by atoms with Gasteiger partial charge >= 0.3 is 0 Å². The summed E-state index contributed by atoms with van der Waals surface area (Å²) in [5.74, 6) is 1.40. The molecule has 0 aromatic heterocycles. The molecule has 0 aliphatic carbocycles. The fraction of sp³-hybridized carbons (Fsp3) is 0.571. The molecule has 1 aliphatic rings. The third kappa shape index (κ3) is 2.44. The van der Waals surface area contributed by atoms with Crippen molar-refractivity contribution in [3.63, 3.8) is 0 Å². The van der Waals surface area contributed by atoms with Gasteiger partial charge in [-0.1, -0.05) is 6.07 Å². The molecule has 18 heavy (non-hydrogen) atoms. The minimum Gasteiger partial charge on any atom is -0.496 e. The van der Waals surface area contributed by atoms with Crippen molar-refractivity contribution >= 4 is 0 Å². The first kappa shape index (κ1) is 13.2. The van der Waals surface area contributed by atoms with Gasteiger partial charge in [0.1, 0.15) is 11.5 Å². The van der Waals surface area contributed by atoms with Gasteiger partial charge in [0, 0.05) is 5.92 Å². The van der Waals surface area contributed by atoms with E-state index in [1.54, 1.807) is 14.2 Å². The molecule has 3 unspecified atom stereocenters. The topological polar surface area (TPSA) is 47.9 Å². The summed E-state index contributed by atoms with van der Waals surface area (Å²) in [6, 6.07) is 5.52. The predicted molar refractivity (Wildman–Crippen MR) is 68.0 cm³/mol. The molecule has 4 nitrogen and oxygen atoms in total. The standard InChI is InChI=1S/C14H20O4/c1-9-7-10(8-18-9)14(15)13-11(16-2)5-4-6-12(13)17-3/h4-6,9-10,14-15H,7-8H2,1-3H3. The van der Waals surface area contributed by atoms with Crippen molar-refractivity contribution < 1.29 is 19.3 Å². The highest BCUT2D eigenvalue weighted by molar-refractivity contribution is 5.46. The van der Waals surface area contributed by atoms with E-state index >= 15 is 0 Å². The minimum atomic E-state index is -0.624. The minimum absolute atomic E-state index is 0.0881. The number of aliphatic hydroxyl groups is 1. The molecule has 1 aromatic carbocycles. The Labute approximate surface area is 107 Å². The van der Waals surface area contributed by atoms with Crippen LogP contribution >= 0.6 is 0 Å². The Hall–Kier alpha value is -1.26. The molecular weight excluding hydrogens is 232 g/mol. The van der Waals surface area contributed by atoms with E-state index in [4.69, 9.17) is 14.2 Å². The van der Waals surface area contributed by atoms with Crippen molar-refractivity contribution in [2.45, 2.75) is 25.6 Å². The van der Waals surface area contributed by atoms with E-state index in [1.807, 2.05) is 25.1 Å². The van der Waals surface area contributed by atoms with Crippen LogP contribution < -0.4 is 9.47 Å². The van der Waals surface area contributed by atoms with Crippen molar-refractivity contribution in [2.24, 2.45) is 5.92 Å². The monoisotopic (exact) mass is 252 g/mol. The summed E-state index contributed by atoms with van der Waals surface area (Å²) < 4.78 is 16.1. The summed E-state index contributed by atoms with van der Waals surface area (Å²) in [5.41, 5.74) is 0.713. The lowest BCUT2D eigenvalue weighted by molar-refractivity contribution is 0.0774. The van der Waals surface area contributed by atoms with Crippen molar-refractivity contribution in [1.29, 1.82) is 0 Å². The summed E-state index contributed by atoms with van der Waals surface area (Å²) >= 11 is 0. The Morgan fingerprint density at radius 1 is 1.28 bits per heavy atom. The van der Waals surface area contributed by atoms with Crippen LogP contribution in [0.15, 0.2) is 18.2 Å². The molecule has 4 heteroatoms. The molecular formula is C14H20O4. The SMILES string of the molecule is COc1cccc(OC)c1C(O)C1COC(C)C1. The van der Waals surface area contributed by atoms with Crippen molar-refractivity contribution in [3.05, 3.63) is 23.8 Å². The molecule has 3 atom stereocenters. The number of hydrogen-bond donors (Lipinski definition) is 1. The van der Waals surface area contributed by atoms with E-state index < -0.39 is 6.10 Å². The van der Waals surface area contributed by atoms with Gasteiger partial charge < -0.3 is 19.3 Å². The molecule has 1 heterocycles. The lowest BCUT2D eigenvalue weighted by Crippen LogP contribution is -2.14. The number of hydrogen-bond acceptors (Lipinski definition) is 4. The number of methoxy groups -OCH3 is 2. The van der Waals surface area contributed by atoms with Crippen LogP contribution in [0.3, 0.4) is 0 Å². The predicted octanol–water partition coefficient (Wildman–Crippen LogP) is 2.16. The maximum absolute atomic E-state index is 10.5. The van der Waals surface area contributed by atoms with Gasteiger partial charge in [-0.3, -0.25) is 0 Å². The van der Waals surface area contributed by atoms with Gasteiger partial charge in [0.2, 0.25) is 0 Å². The van der Waals surface area contributed by atoms with Gasteiger partial charge in [-0.25, -0.2) is 0 Å². The van der Waals surface area contributed by atoms with Crippen LogP contribution in [0.4, 0.5) is 0 Å². The van der Waals surface area contributed by atoms with Gasteiger partial charge in [-0.15, -0.1) is 0 Å². The summed E-state index contributed by atoms with van der Waals surface area (Å²) in [6.07, 6.45) is 0.425. The fourth-order valence-electron chi connectivity index (χ4n) is 2.48. The molecule has 1 aliphatic heterocycles. The Morgan fingerprint density at radius 2 is 1.89 bits per heavy atom. The lowest BCUT2D eigenvalue weighted by Gasteiger charge is -2.21. The Bertz CT molecular complexity index is 383. The van der Waals surface area contributed by atoms with Crippen LogP contribution in [0, 0.1) is 5.92 Å². The molecule has 1 saturated heterocycles. The zero-order valence-corrected chi connectivity index (χ0v) is 11.1. The van der Waals surface area contributed by atoms with E-state index in [-0.39, 0.29) is 12.0 Å². The summed E-state index contributed by atoms with van der Waals surface area (Å²) in [4.78, 5) is 0. The van der Waals surface area contributed by atoms with Crippen molar-refractivity contribution in [2.75, 3.05) is 20.8 Å². The van der Waals surface area contributed by atoms with Crippen molar-refractivity contribution in [1.82, 2.24) is 0 Å². The van der Waals surface area contributed by atoms with E-state index in [0.717, 1.165) is 6.42 Å². The molecule has 2 rings (SSSR count). The van der Waals surface area contributed by atoms with Crippen LogP contribution in [-0.4, -0.2) is 32.0 Å². The van der Waals surface area contributed by atoms with Crippen LogP contribution in [0.25, 0.3) is 0 Å². The Kier molecular flexibility index (Phi) is 4.09. The Balaban J connectivity index is 2.30. The van der Waals surface area contributed by atoms with Crippen LogP contribution in [0.5, 0.6) is 11.5 Å². The maximum atomic E-state index is 10.5. The molecule has 1 fully saturated rings. The quantitative estimate of drug-likeness (QED) is 0.892.